The molecule has 0 saturated heterocycles. The van der Waals surface area contributed by atoms with Crippen molar-refractivity contribution in [2.75, 3.05) is 5.73 Å². The van der Waals surface area contributed by atoms with E-state index in [0.717, 1.165) is 6.07 Å². The Morgan fingerprint density at radius 2 is 1.93 bits per heavy atom. The lowest BCUT2D eigenvalue weighted by Gasteiger charge is -2.18. The van der Waals surface area contributed by atoms with Crippen LogP contribution >= 0.6 is 0 Å². The van der Waals surface area contributed by atoms with Crippen LogP contribution in [0.1, 0.15) is 40.6 Å². The lowest BCUT2D eigenvalue weighted by Crippen LogP contribution is -2.19. The average Bonchev–Trinajstić information content (AvgIpc) is 3.03. The molecule has 0 fully saturated rings. The van der Waals surface area contributed by atoms with Gasteiger partial charge in [-0.15, -0.1) is 0 Å². The molecule has 156 valence electrons. The monoisotopic (exact) mass is 419 g/mol. The van der Waals surface area contributed by atoms with Gasteiger partial charge in [-0.1, -0.05) is 6.07 Å². The highest BCUT2D eigenvalue weighted by Crippen LogP contribution is 2.40. The minimum atomic E-state index is -5.42. The van der Waals surface area contributed by atoms with E-state index in [1.807, 2.05) is 0 Å². The van der Waals surface area contributed by atoms with Crippen LogP contribution in [0, 0.1) is 20.8 Å². The number of aromatic nitrogens is 4. The number of anilines is 1. The second-order valence-corrected chi connectivity index (χ2v) is 7.03. The molecular weight excluding hydrogens is 395 g/mol. The molecule has 0 bridgehead atoms. The third kappa shape index (κ3) is 2.84. The number of hydrogen-bond acceptors (Lipinski definition) is 5. The Morgan fingerprint density at radius 3 is 2.60 bits per heavy atom. The number of pyridine rings is 1. The summed E-state index contributed by atoms with van der Waals surface area (Å²) in [5, 5.41) is 10.5. The van der Waals surface area contributed by atoms with Gasteiger partial charge < -0.3 is 10.8 Å². The Hall–Kier alpha value is -3.36. The van der Waals surface area contributed by atoms with Crippen molar-refractivity contribution in [3.8, 4) is 11.4 Å². The lowest BCUT2D eigenvalue weighted by molar-refractivity contribution is -0.146. The van der Waals surface area contributed by atoms with Gasteiger partial charge in [0.25, 0.3) is 0 Å². The first kappa shape index (κ1) is 15.5. The largest absolute Gasteiger partial charge is 0.508 e. The van der Waals surface area contributed by atoms with Crippen molar-refractivity contribution in [3.05, 3.63) is 46.9 Å². The topological polar surface area (TPSA) is 89.8 Å². The smallest absolute Gasteiger partial charge is 0.395 e. The molecule has 0 aliphatic rings. The summed E-state index contributed by atoms with van der Waals surface area (Å²) < 4.78 is 74.3. The van der Waals surface area contributed by atoms with Crippen molar-refractivity contribution in [2.45, 2.75) is 39.7 Å². The summed E-state index contributed by atoms with van der Waals surface area (Å²) in [6.45, 7) is 0.922. The summed E-state index contributed by atoms with van der Waals surface area (Å²) in [5.74, 6) is -4.01. The Morgan fingerprint density at radius 1 is 1.20 bits per heavy atom. The SMILES string of the molecule is [2H]C([2H])([2H])C([2H])(c1cc2c3c(N)ncnc3n(-c3c(C)ccc(O)c3C)c2nc1C)C(F)(F)F. The maximum Gasteiger partial charge on any atom is 0.395 e. The number of alkyl halides is 3. The maximum absolute atomic E-state index is 14.0. The van der Waals surface area contributed by atoms with Gasteiger partial charge in [0.05, 0.1) is 17.0 Å². The van der Waals surface area contributed by atoms with Crippen LogP contribution < -0.4 is 5.73 Å². The van der Waals surface area contributed by atoms with Crippen LogP contribution in [0.25, 0.3) is 27.8 Å². The van der Waals surface area contributed by atoms with E-state index >= 15 is 0 Å². The van der Waals surface area contributed by atoms with E-state index in [1.54, 1.807) is 24.5 Å². The summed E-state index contributed by atoms with van der Waals surface area (Å²) in [6, 6.07) is 4.15. The maximum atomic E-state index is 14.0. The van der Waals surface area contributed by atoms with Crippen LogP contribution in [0.5, 0.6) is 5.75 Å². The molecule has 0 aliphatic carbocycles. The highest BCUT2D eigenvalue weighted by molar-refractivity contribution is 6.11. The number of fused-ring (bicyclic) bond motifs is 3. The van der Waals surface area contributed by atoms with Crippen LogP contribution in [0.15, 0.2) is 24.5 Å². The van der Waals surface area contributed by atoms with Gasteiger partial charge in [-0.2, -0.15) is 13.2 Å². The zero-order chi connectivity index (χ0) is 25.4. The molecule has 1 unspecified atom stereocenters. The molecule has 4 rings (SSSR count). The molecule has 3 aromatic heterocycles. The number of nitrogens with zero attached hydrogens (tertiary/aromatic N) is 4. The standard InChI is InChI=1S/C21H20F3N5O/c1-9-5-6-15(30)10(2)17(9)29-19-14(16-18(25)26-8-27-20(16)29)7-13(12(4)28-19)11(3)21(22,23)24/h5-8,11,30H,1-4H3,(H2,25,26,27)/i3D3,11D. The Labute approximate surface area is 175 Å². The van der Waals surface area contributed by atoms with Crippen LogP contribution in [0.2, 0.25) is 0 Å². The van der Waals surface area contributed by atoms with Crippen molar-refractivity contribution >= 4 is 27.9 Å². The molecule has 1 atom stereocenters. The molecular formula is C21H20F3N5O. The molecule has 0 aliphatic heterocycles. The number of nitrogen functional groups attached to an aromatic ring is 1. The van der Waals surface area contributed by atoms with Crippen molar-refractivity contribution in [3.63, 3.8) is 0 Å². The molecule has 9 heteroatoms. The van der Waals surface area contributed by atoms with Crippen molar-refractivity contribution < 1.29 is 23.8 Å². The van der Waals surface area contributed by atoms with Crippen molar-refractivity contribution in [1.82, 2.24) is 19.5 Å². The number of phenolic OH excluding ortho intramolecular Hbond substituents is 1. The number of phenols is 1. The van der Waals surface area contributed by atoms with Gasteiger partial charge >= 0.3 is 6.18 Å². The molecule has 0 amide bonds. The third-order valence-corrected chi connectivity index (χ3v) is 5.12. The Kier molecular flexibility index (Phi) is 3.39. The van der Waals surface area contributed by atoms with E-state index in [-0.39, 0.29) is 39.3 Å². The fraction of sp³-hybridized carbons (Fsp3) is 0.286. The fourth-order valence-electron chi connectivity index (χ4n) is 3.65. The summed E-state index contributed by atoms with van der Waals surface area (Å²) in [7, 11) is 0. The highest BCUT2D eigenvalue weighted by Gasteiger charge is 2.38. The number of halogens is 3. The predicted octanol–water partition coefficient (Wildman–Crippen LogP) is 4.85. The van der Waals surface area contributed by atoms with E-state index in [4.69, 9.17) is 11.2 Å². The molecule has 1 aromatic carbocycles. The van der Waals surface area contributed by atoms with Gasteiger partial charge in [0.2, 0.25) is 0 Å². The summed E-state index contributed by atoms with van der Waals surface area (Å²) in [6.07, 6.45) is -4.24. The second-order valence-electron chi connectivity index (χ2n) is 7.03. The van der Waals surface area contributed by atoms with E-state index in [0.29, 0.717) is 16.8 Å². The summed E-state index contributed by atoms with van der Waals surface area (Å²) >= 11 is 0. The van der Waals surface area contributed by atoms with Crippen LogP contribution in [-0.2, 0) is 0 Å². The molecule has 0 spiro atoms. The van der Waals surface area contributed by atoms with Crippen molar-refractivity contribution in [1.29, 1.82) is 0 Å². The molecule has 4 aromatic rings. The van der Waals surface area contributed by atoms with E-state index in [2.05, 4.69) is 15.0 Å². The minimum Gasteiger partial charge on any atom is -0.508 e. The molecule has 30 heavy (non-hydrogen) atoms. The van der Waals surface area contributed by atoms with Crippen LogP contribution in [-0.4, -0.2) is 30.8 Å². The highest BCUT2D eigenvalue weighted by atomic mass is 19.4. The van der Waals surface area contributed by atoms with E-state index in [1.165, 1.54) is 19.3 Å². The van der Waals surface area contributed by atoms with Crippen LogP contribution in [0.3, 0.4) is 0 Å². The molecule has 0 saturated carbocycles. The lowest BCUT2D eigenvalue weighted by atomic mass is 9.98. The number of nitrogens with two attached hydrogens (primary N) is 1. The van der Waals surface area contributed by atoms with Gasteiger partial charge in [0, 0.05) is 22.1 Å². The number of aromatic hydroxyl groups is 1. The molecule has 0 radical (unpaired) electrons. The first-order chi connectivity index (χ1) is 15.6. The molecule has 6 nitrogen and oxygen atoms in total. The normalized spacial score (nSPS) is 16.7. The number of aryl methyl sites for hydroxylation is 2. The Bertz CT molecular complexity index is 1450. The van der Waals surface area contributed by atoms with Crippen molar-refractivity contribution in [2.24, 2.45) is 0 Å². The first-order valence-electron chi connectivity index (χ1n) is 10.9. The molecule has 3 N–H and O–H groups in total. The summed E-state index contributed by atoms with van der Waals surface area (Å²) in [5.41, 5.74) is 6.96. The van der Waals surface area contributed by atoms with Gasteiger partial charge in [-0.05, 0) is 50.9 Å². The number of rotatable bonds is 2. The fourth-order valence-corrected chi connectivity index (χ4v) is 3.65. The van der Waals surface area contributed by atoms with Gasteiger partial charge in [0.15, 0.2) is 5.65 Å². The number of benzene rings is 1. The average molecular weight is 419 g/mol. The van der Waals surface area contributed by atoms with Gasteiger partial charge in [0.1, 0.15) is 23.5 Å². The zero-order valence-corrected chi connectivity index (χ0v) is 16.3. The van der Waals surface area contributed by atoms with E-state index < -0.39 is 24.5 Å². The number of hydrogen-bond donors (Lipinski definition) is 2. The predicted molar refractivity (Wildman–Crippen MR) is 109 cm³/mol. The van der Waals surface area contributed by atoms with Gasteiger partial charge in [-0.25, -0.2) is 15.0 Å². The third-order valence-electron chi connectivity index (χ3n) is 5.12. The van der Waals surface area contributed by atoms with Gasteiger partial charge in [-0.3, -0.25) is 4.57 Å². The quantitative estimate of drug-likeness (QED) is 0.485. The molecule has 3 heterocycles. The second kappa shape index (κ2) is 6.58. The first-order valence-corrected chi connectivity index (χ1v) is 8.90. The Balaban J connectivity index is 2.23. The van der Waals surface area contributed by atoms with E-state index in [9.17, 15) is 18.3 Å². The zero-order valence-electron chi connectivity index (χ0n) is 20.3. The minimum absolute atomic E-state index is 0.0179. The van der Waals surface area contributed by atoms with Crippen LogP contribution in [0.4, 0.5) is 19.0 Å². The summed E-state index contributed by atoms with van der Waals surface area (Å²) in [4.78, 5) is 12.5.